The molecule has 1 aliphatic heterocycles. The van der Waals surface area contributed by atoms with Crippen LogP contribution in [0.4, 0.5) is 0 Å². The summed E-state index contributed by atoms with van der Waals surface area (Å²) in [4.78, 5) is 0. The highest BCUT2D eigenvalue weighted by Crippen LogP contribution is 2.30. The lowest BCUT2D eigenvalue weighted by Gasteiger charge is -2.28. The fraction of sp³-hybridized carbons (Fsp3) is 0.538. The molecule has 1 aliphatic rings. The molecule has 3 N–H and O–H groups in total. The van der Waals surface area contributed by atoms with Crippen LogP contribution >= 0.6 is 0 Å². The van der Waals surface area contributed by atoms with Gasteiger partial charge in [-0.1, -0.05) is 24.3 Å². The van der Waals surface area contributed by atoms with Crippen molar-refractivity contribution in [2.24, 2.45) is 5.84 Å². The lowest BCUT2D eigenvalue weighted by Crippen LogP contribution is -2.41. The Kier molecular flexibility index (Phi) is 4.57. The summed E-state index contributed by atoms with van der Waals surface area (Å²) < 4.78 is 28.5. The van der Waals surface area contributed by atoms with Gasteiger partial charge in [-0.3, -0.25) is 11.3 Å². The molecule has 1 heterocycles. The zero-order valence-electron chi connectivity index (χ0n) is 11.0. The maximum absolute atomic E-state index is 11.4. The van der Waals surface area contributed by atoms with Gasteiger partial charge in [-0.05, 0) is 24.0 Å². The monoisotopic (exact) mass is 284 g/mol. The molecule has 106 valence electrons. The van der Waals surface area contributed by atoms with Crippen LogP contribution < -0.4 is 11.3 Å². The SMILES string of the molecule is CS(=O)(=O)CC(CC1OCCc2ccccc21)NN. The third-order valence-corrected chi connectivity index (χ3v) is 4.34. The number of sulfone groups is 1. The van der Waals surface area contributed by atoms with Gasteiger partial charge < -0.3 is 4.74 Å². The molecule has 1 aromatic rings. The van der Waals surface area contributed by atoms with Gasteiger partial charge in [0.2, 0.25) is 0 Å². The molecule has 0 fully saturated rings. The molecule has 19 heavy (non-hydrogen) atoms. The minimum atomic E-state index is -3.06. The van der Waals surface area contributed by atoms with E-state index in [4.69, 9.17) is 10.6 Å². The van der Waals surface area contributed by atoms with E-state index in [0.717, 1.165) is 12.0 Å². The molecule has 2 unspecified atom stereocenters. The normalized spacial score (nSPS) is 20.8. The van der Waals surface area contributed by atoms with Gasteiger partial charge >= 0.3 is 0 Å². The molecule has 0 radical (unpaired) electrons. The number of hydrazine groups is 1. The van der Waals surface area contributed by atoms with Gasteiger partial charge in [-0.25, -0.2) is 8.42 Å². The molecule has 5 nitrogen and oxygen atoms in total. The molecule has 0 spiro atoms. The summed E-state index contributed by atoms with van der Waals surface area (Å²) in [6.45, 7) is 0.665. The maximum Gasteiger partial charge on any atom is 0.149 e. The smallest absolute Gasteiger partial charge is 0.149 e. The predicted molar refractivity (Wildman–Crippen MR) is 74.3 cm³/mol. The molecule has 0 aliphatic carbocycles. The number of hydrogen-bond acceptors (Lipinski definition) is 5. The second-order valence-corrected chi connectivity index (χ2v) is 7.18. The first-order chi connectivity index (χ1) is 8.99. The Bertz CT molecular complexity index is 530. The highest BCUT2D eigenvalue weighted by atomic mass is 32.2. The molecule has 0 saturated carbocycles. The lowest BCUT2D eigenvalue weighted by atomic mass is 9.94. The molecule has 0 saturated heterocycles. The Morgan fingerprint density at radius 3 is 2.89 bits per heavy atom. The minimum absolute atomic E-state index is 0.0194. The van der Waals surface area contributed by atoms with Gasteiger partial charge in [0.05, 0.1) is 18.5 Å². The van der Waals surface area contributed by atoms with Gasteiger partial charge in [0.25, 0.3) is 0 Å². The highest BCUT2D eigenvalue weighted by molar-refractivity contribution is 7.90. The van der Waals surface area contributed by atoms with Gasteiger partial charge in [-0.15, -0.1) is 0 Å². The van der Waals surface area contributed by atoms with E-state index >= 15 is 0 Å². The van der Waals surface area contributed by atoms with E-state index in [1.165, 1.54) is 11.8 Å². The van der Waals surface area contributed by atoms with E-state index in [1.54, 1.807) is 0 Å². The van der Waals surface area contributed by atoms with Crippen molar-refractivity contribution >= 4 is 9.84 Å². The molecule has 0 amide bonds. The van der Waals surface area contributed by atoms with Crippen LogP contribution in [0.2, 0.25) is 0 Å². The fourth-order valence-corrected chi connectivity index (χ4v) is 3.44. The summed E-state index contributed by atoms with van der Waals surface area (Å²) in [6, 6.07) is 7.81. The van der Waals surface area contributed by atoms with E-state index < -0.39 is 9.84 Å². The zero-order valence-corrected chi connectivity index (χ0v) is 11.8. The van der Waals surface area contributed by atoms with Crippen LogP contribution in [0.3, 0.4) is 0 Å². The Hall–Kier alpha value is -0.950. The second-order valence-electron chi connectivity index (χ2n) is 5.00. The van der Waals surface area contributed by atoms with E-state index in [1.807, 2.05) is 18.2 Å². The summed E-state index contributed by atoms with van der Waals surface area (Å²) in [7, 11) is -3.06. The standard InChI is InChI=1S/C13H20N2O3S/c1-19(16,17)9-11(15-14)8-13-12-5-3-2-4-10(12)6-7-18-13/h2-5,11,13,15H,6-9,14H2,1H3. The average Bonchev–Trinajstić information content (AvgIpc) is 2.37. The molecule has 0 bridgehead atoms. The van der Waals surface area contributed by atoms with E-state index in [2.05, 4.69) is 11.5 Å². The van der Waals surface area contributed by atoms with Gasteiger partial charge in [0.1, 0.15) is 9.84 Å². The van der Waals surface area contributed by atoms with E-state index in [-0.39, 0.29) is 17.9 Å². The highest BCUT2D eigenvalue weighted by Gasteiger charge is 2.25. The minimum Gasteiger partial charge on any atom is -0.373 e. The lowest BCUT2D eigenvalue weighted by molar-refractivity contribution is 0.0310. The molecule has 2 rings (SSSR count). The van der Waals surface area contributed by atoms with Crippen molar-refractivity contribution in [2.75, 3.05) is 18.6 Å². The molecule has 1 aromatic carbocycles. The number of ether oxygens (including phenoxy) is 1. The summed E-state index contributed by atoms with van der Waals surface area (Å²) in [5.41, 5.74) is 4.99. The first kappa shape index (κ1) is 14.5. The Balaban J connectivity index is 2.11. The predicted octanol–water partition coefficient (Wildman–Crippen LogP) is 0.567. The Morgan fingerprint density at radius 2 is 2.21 bits per heavy atom. The summed E-state index contributed by atoms with van der Waals surface area (Å²) in [5, 5.41) is 0. The number of fused-ring (bicyclic) bond motifs is 1. The topological polar surface area (TPSA) is 81.4 Å². The number of nitrogens with one attached hydrogen (secondary N) is 1. The summed E-state index contributed by atoms with van der Waals surface area (Å²) >= 11 is 0. The molecule has 2 atom stereocenters. The molecular weight excluding hydrogens is 264 g/mol. The average molecular weight is 284 g/mol. The van der Waals surface area contributed by atoms with Crippen LogP contribution in [0.15, 0.2) is 24.3 Å². The number of hydrogen-bond donors (Lipinski definition) is 2. The van der Waals surface area contributed by atoms with E-state index in [9.17, 15) is 8.42 Å². The summed E-state index contributed by atoms with van der Waals surface area (Å²) in [5.74, 6) is 5.47. The molecular formula is C13H20N2O3S. The van der Waals surface area contributed by atoms with Gasteiger partial charge in [-0.2, -0.15) is 0 Å². The van der Waals surface area contributed by atoms with Crippen molar-refractivity contribution in [1.82, 2.24) is 5.43 Å². The Morgan fingerprint density at radius 1 is 1.47 bits per heavy atom. The third-order valence-electron chi connectivity index (χ3n) is 3.33. The van der Waals surface area contributed by atoms with Crippen molar-refractivity contribution in [2.45, 2.75) is 25.0 Å². The van der Waals surface area contributed by atoms with Crippen molar-refractivity contribution < 1.29 is 13.2 Å². The van der Waals surface area contributed by atoms with E-state index in [0.29, 0.717) is 13.0 Å². The van der Waals surface area contributed by atoms with Crippen molar-refractivity contribution in [1.29, 1.82) is 0 Å². The first-order valence-corrected chi connectivity index (χ1v) is 8.39. The van der Waals surface area contributed by atoms with Crippen LogP contribution in [-0.4, -0.2) is 33.1 Å². The van der Waals surface area contributed by atoms with Crippen LogP contribution in [0.1, 0.15) is 23.7 Å². The third kappa shape index (κ3) is 4.01. The van der Waals surface area contributed by atoms with Crippen LogP contribution in [0.25, 0.3) is 0 Å². The van der Waals surface area contributed by atoms with Crippen LogP contribution in [0, 0.1) is 0 Å². The molecule has 6 heteroatoms. The number of rotatable bonds is 5. The zero-order chi connectivity index (χ0) is 13.9. The largest absolute Gasteiger partial charge is 0.373 e. The molecule has 0 aromatic heterocycles. The van der Waals surface area contributed by atoms with Gasteiger partial charge in [0.15, 0.2) is 0 Å². The fourth-order valence-electron chi connectivity index (χ4n) is 2.48. The quantitative estimate of drug-likeness (QED) is 0.610. The van der Waals surface area contributed by atoms with Crippen molar-refractivity contribution in [3.05, 3.63) is 35.4 Å². The Labute approximate surface area is 114 Å². The van der Waals surface area contributed by atoms with Gasteiger partial charge in [0, 0.05) is 12.3 Å². The maximum atomic E-state index is 11.4. The van der Waals surface area contributed by atoms with Crippen molar-refractivity contribution in [3.63, 3.8) is 0 Å². The number of benzene rings is 1. The van der Waals surface area contributed by atoms with Crippen molar-refractivity contribution in [3.8, 4) is 0 Å². The number of nitrogens with two attached hydrogens (primary N) is 1. The van der Waals surface area contributed by atoms with Crippen LogP contribution in [0.5, 0.6) is 0 Å². The second kappa shape index (κ2) is 6.00. The first-order valence-electron chi connectivity index (χ1n) is 6.33. The summed E-state index contributed by atoms with van der Waals surface area (Å²) in [6.07, 6.45) is 2.58. The van der Waals surface area contributed by atoms with Crippen LogP contribution in [-0.2, 0) is 21.0 Å².